The predicted octanol–water partition coefficient (Wildman–Crippen LogP) is 2.09. The molecule has 2 unspecified atom stereocenters. The van der Waals surface area contributed by atoms with Crippen molar-refractivity contribution >= 4 is 5.82 Å². The molecule has 0 amide bonds. The summed E-state index contributed by atoms with van der Waals surface area (Å²) < 4.78 is 0. The van der Waals surface area contributed by atoms with Crippen LogP contribution in [0.25, 0.3) is 0 Å². The molecule has 4 rings (SSSR count). The van der Waals surface area contributed by atoms with E-state index in [1.807, 2.05) is 0 Å². The molecule has 2 saturated heterocycles. The van der Waals surface area contributed by atoms with E-state index >= 15 is 0 Å². The fourth-order valence-electron chi connectivity index (χ4n) is 4.09. The second kappa shape index (κ2) is 4.75. The summed E-state index contributed by atoms with van der Waals surface area (Å²) >= 11 is 0. The molecule has 4 nitrogen and oxygen atoms in total. The van der Waals surface area contributed by atoms with Gasteiger partial charge < -0.3 is 5.32 Å². The van der Waals surface area contributed by atoms with Crippen LogP contribution in [0.1, 0.15) is 42.5 Å². The first-order chi connectivity index (χ1) is 9.85. The highest BCUT2D eigenvalue weighted by atomic mass is 15.2. The minimum atomic E-state index is 0.469. The largest absolute Gasteiger partial charge is 0.365 e. The molecule has 0 aromatic carbocycles. The van der Waals surface area contributed by atoms with Crippen molar-refractivity contribution in [1.29, 1.82) is 5.26 Å². The van der Waals surface area contributed by atoms with Crippen LogP contribution < -0.4 is 5.32 Å². The highest BCUT2D eigenvalue weighted by Crippen LogP contribution is 2.31. The monoisotopic (exact) mass is 268 g/mol. The first-order valence-electron chi connectivity index (χ1n) is 7.78. The lowest BCUT2D eigenvalue weighted by Gasteiger charge is -2.22. The van der Waals surface area contributed by atoms with Crippen LogP contribution in [0.3, 0.4) is 0 Å². The number of hydrogen-bond acceptors (Lipinski definition) is 4. The maximum absolute atomic E-state index is 9.37. The quantitative estimate of drug-likeness (QED) is 0.892. The first kappa shape index (κ1) is 12.2. The van der Waals surface area contributed by atoms with Gasteiger partial charge in [0, 0.05) is 24.3 Å². The Bertz CT molecular complexity index is 575. The van der Waals surface area contributed by atoms with Crippen LogP contribution in [0.15, 0.2) is 6.07 Å². The van der Waals surface area contributed by atoms with E-state index in [1.54, 1.807) is 0 Å². The number of nitrogens with zero attached hydrogens (tertiary/aromatic N) is 3. The summed E-state index contributed by atoms with van der Waals surface area (Å²) in [7, 11) is 0. The SMILES string of the molecule is N#Cc1cc2c(nc1NC1CCN3CCCC13)CCC2. The van der Waals surface area contributed by atoms with E-state index in [-0.39, 0.29) is 0 Å². The topological polar surface area (TPSA) is 52.0 Å². The zero-order chi connectivity index (χ0) is 13.5. The van der Waals surface area contributed by atoms with Crippen molar-refractivity contribution in [3.63, 3.8) is 0 Å². The maximum Gasteiger partial charge on any atom is 0.144 e. The maximum atomic E-state index is 9.37. The van der Waals surface area contributed by atoms with Gasteiger partial charge >= 0.3 is 0 Å². The average Bonchev–Trinajstić information content (AvgIpc) is 3.15. The average molecular weight is 268 g/mol. The lowest BCUT2D eigenvalue weighted by molar-refractivity contribution is 0.318. The third-order valence-electron chi connectivity index (χ3n) is 5.10. The summed E-state index contributed by atoms with van der Waals surface area (Å²) in [4.78, 5) is 7.33. The second-order valence-electron chi connectivity index (χ2n) is 6.24. The Kier molecular flexibility index (Phi) is 2.89. The van der Waals surface area contributed by atoms with Gasteiger partial charge in [-0.05, 0) is 56.7 Å². The third kappa shape index (κ3) is 1.89. The van der Waals surface area contributed by atoms with Crippen LogP contribution in [0.5, 0.6) is 0 Å². The first-order valence-corrected chi connectivity index (χ1v) is 7.78. The van der Waals surface area contributed by atoms with Crippen LogP contribution >= 0.6 is 0 Å². The Balaban J connectivity index is 1.61. The molecule has 1 aromatic rings. The minimum absolute atomic E-state index is 0.469. The molecule has 1 aliphatic carbocycles. The predicted molar refractivity (Wildman–Crippen MR) is 77.6 cm³/mol. The van der Waals surface area contributed by atoms with Gasteiger partial charge in [0.25, 0.3) is 0 Å². The number of hydrogen-bond donors (Lipinski definition) is 1. The summed E-state index contributed by atoms with van der Waals surface area (Å²) in [5.74, 6) is 0.826. The number of aryl methyl sites for hydroxylation is 2. The molecular weight excluding hydrogens is 248 g/mol. The summed E-state index contributed by atoms with van der Waals surface area (Å²) in [6.45, 7) is 2.43. The van der Waals surface area contributed by atoms with Gasteiger partial charge in [0.15, 0.2) is 0 Å². The Labute approximate surface area is 119 Å². The Hall–Kier alpha value is -1.60. The van der Waals surface area contributed by atoms with E-state index in [1.165, 1.54) is 50.0 Å². The lowest BCUT2D eigenvalue weighted by atomic mass is 10.1. The van der Waals surface area contributed by atoms with Crippen molar-refractivity contribution in [2.45, 2.75) is 50.6 Å². The molecule has 2 atom stereocenters. The van der Waals surface area contributed by atoms with Gasteiger partial charge in [0.1, 0.15) is 11.9 Å². The van der Waals surface area contributed by atoms with Crippen molar-refractivity contribution in [3.8, 4) is 6.07 Å². The van der Waals surface area contributed by atoms with Crippen molar-refractivity contribution in [1.82, 2.24) is 9.88 Å². The summed E-state index contributed by atoms with van der Waals surface area (Å²) in [6.07, 6.45) is 7.09. The lowest BCUT2D eigenvalue weighted by Crippen LogP contribution is -2.34. The molecule has 1 N–H and O–H groups in total. The van der Waals surface area contributed by atoms with E-state index in [2.05, 4.69) is 22.4 Å². The van der Waals surface area contributed by atoms with E-state index in [0.717, 1.165) is 24.2 Å². The fraction of sp³-hybridized carbons (Fsp3) is 0.625. The van der Waals surface area contributed by atoms with Gasteiger partial charge in [-0.1, -0.05) is 0 Å². The van der Waals surface area contributed by atoms with Crippen LogP contribution in [0.4, 0.5) is 5.82 Å². The molecule has 0 saturated carbocycles. The summed E-state index contributed by atoms with van der Waals surface area (Å²) in [5, 5.41) is 13.0. The van der Waals surface area contributed by atoms with Crippen LogP contribution in [-0.2, 0) is 12.8 Å². The summed E-state index contributed by atoms with van der Waals surface area (Å²) in [5.41, 5.74) is 3.20. The Morgan fingerprint density at radius 2 is 2.20 bits per heavy atom. The number of anilines is 1. The van der Waals surface area contributed by atoms with Crippen molar-refractivity contribution in [2.75, 3.05) is 18.4 Å². The zero-order valence-electron chi connectivity index (χ0n) is 11.7. The van der Waals surface area contributed by atoms with Crippen LogP contribution in [0, 0.1) is 11.3 Å². The standard InChI is InChI=1S/C16H20N4/c17-10-12-9-11-3-1-4-13(11)18-16(12)19-14-6-8-20-7-2-5-15(14)20/h9,14-15H,1-8H2,(H,18,19). The summed E-state index contributed by atoms with van der Waals surface area (Å²) in [6, 6.07) is 5.49. The van der Waals surface area contributed by atoms with Gasteiger partial charge in [-0.15, -0.1) is 0 Å². The molecule has 1 aromatic heterocycles. The van der Waals surface area contributed by atoms with Crippen LogP contribution in [0.2, 0.25) is 0 Å². The molecule has 20 heavy (non-hydrogen) atoms. The highest BCUT2D eigenvalue weighted by molar-refractivity contribution is 5.55. The molecular formula is C16H20N4. The number of aromatic nitrogens is 1. The van der Waals surface area contributed by atoms with Gasteiger partial charge in [0.05, 0.1) is 5.56 Å². The molecule has 2 fully saturated rings. The molecule has 0 bridgehead atoms. The van der Waals surface area contributed by atoms with Gasteiger partial charge in [-0.2, -0.15) is 5.26 Å². The number of nitriles is 1. The smallest absolute Gasteiger partial charge is 0.144 e. The molecule has 0 spiro atoms. The fourth-order valence-corrected chi connectivity index (χ4v) is 4.09. The number of nitrogens with one attached hydrogen (secondary N) is 1. The van der Waals surface area contributed by atoms with Gasteiger partial charge in [-0.3, -0.25) is 4.90 Å². The number of fused-ring (bicyclic) bond motifs is 2. The number of rotatable bonds is 2. The third-order valence-corrected chi connectivity index (χ3v) is 5.10. The van der Waals surface area contributed by atoms with E-state index in [0.29, 0.717) is 12.1 Å². The zero-order valence-corrected chi connectivity index (χ0v) is 11.7. The van der Waals surface area contributed by atoms with Crippen molar-refractivity contribution < 1.29 is 0 Å². The highest BCUT2D eigenvalue weighted by Gasteiger charge is 2.37. The molecule has 3 aliphatic rings. The molecule has 0 radical (unpaired) electrons. The normalized spacial score (nSPS) is 28.1. The molecule has 4 heteroatoms. The van der Waals surface area contributed by atoms with E-state index in [9.17, 15) is 5.26 Å². The van der Waals surface area contributed by atoms with Gasteiger partial charge in [-0.25, -0.2) is 4.98 Å². The second-order valence-corrected chi connectivity index (χ2v) is 6.24. The van der Waals surface area contributed by atoms with Crippen molar-refractivity contribution in [3.05, 3.63) is 22.9 Å². The molecule has 3 heterocycles. The van der Waals surface area contributed by atoms with E-state index in [4.69, 9.17) is 4.98 Å². The van der Waals surface area contributed by atoms with Gasteiger partial charge in [0.2, 0.25) is 0 Å². The van der Waals surface area contributed by atoms with Crippen LogP contribution in [-0.4, -0.2) is 35.1 Å². The Morgan fingerprint density at radius 1 is 1.25 bits per heavy atom. The molecule has 2 aliphatic heterocycles. The van der Waals surface area contributed by atoms with E-state index < -0.39 is 0 Å². The minimum Gasteiger partial charge on any atom is -0.365 e. The molecule has 104 valence electrons. The number of pyridine rings is 1. The Morgan fingerprint density at radius 3 is 3.10 bits per heavy atom. The van der Waals surface area contributed by atoms with Crippen molar-refractivity contribution in [2.24, 2.45) is 0 Å².